The highest BCUT2D eigenvalue weighted by Crippen LogP contribution is 2.27. The van der Waals surface area contributed by atoms with Crippen molar-refractivity contribution in [2.45, 2.75) is 11.9 Å². The Labute approximate surface area is 162 Å². The maximum absolute atomic E-state index is 12.5. The van der Waals surface area contributed by atoms with Crippen LogP contribution < -0.4 is 10.0 Å². The van der Waals surface area contributed by atoms with Crippen LogP contribution in [0.3, 0.4) is 0 Å². The fourth-order valence-corrected chi connectivity index (χ4v) is 3.85. The summed E-state index contributed by atoms with van der Waals surface area (Å²) in [7, 11) is -2.07. The van der Waals surface area contributed by atoms with Gasteiger partial charge in [-0.15, -0.1) is 0 Å². The third-order valence-corrected chi connectivity index (χ3v) is 5.39. The van der Waals surface area contributed by atoms with E-state index in [-0.39, 0.29) is 5.03 Å². The first-order chi connectivity index (χ1) is 13.4. The number of anilines is 3. The fraction of sp³-hybridized carbons (Fsp3) is 0.105. The van der Waals surface area contributed by atoms with E-state index in [0.717, 1.165) is 11.3 Å². The molecule has 0 saturated heterocycles. The summed E-state index contributed by atoms with van der Waals surface area (Å²) in [4.78, 5) is 12.5. The van der Waals surface area contributed by atoms with Gasteiger partial charge in [-0.1, -0.05) is 12.1 Å². The molecule has 0 bridgehead atoms. The number of fused-ring (bicyclic) bond motifs is 1. The number of aromatic nitrogens is 4. The molecule has 0 fully saturated rings. The molecule has 4 aromatic rings. The standard InChI is InChI=1S/C19H18N6O2S/c1-13-4-3-5-14(8-13)23-19-16-9-15(6-7-17(16)20-11-21-19)24-28(26,27)18-10-25(2)12-22-18/h3-12,24H,1-2H3,(H,20,21,23). The largest absolute Gasteiger partial charge is 0.340 e. The number of imidazole rings is 1. The Hall–Kier alpha value is -3.46. The monoisotopic (exact) mass is 394 g/mol. The number of aryl methyl sites for hydroxylation is 2. The molecule has 2 aromatic heterocycles. The third-order valence-electron chi connectivity index (χ3n) is 4.12. The Morgan fingerprint density at radius 2 is 1.86 bits per heavy atom. The maximum Gasteiger partial charge on any atom is 0.280 e. The van der Waals surface area contributed by atoms with E-state index < -0.39 is 10.0 Å². The van der Waals surface area contributed by atoms with Crippen LogP contribution in [0.15, 0.2) is 66.3 Å². The molecule has 9 heteroatoms. The quantitative estimate of drug-likeness (QED) is 0.539. The number of sulfonamides is 1. The van der Waals surface area contributed by atoms with Gasteiger partial charge in [-0.2, -0.15) is 8.42 Å². The smallest absolute Gasteiger partial charge is 0.280 e. The summed E-state index contributed by atoms with van der Waals surface area (Å²) in [5.74, 6) is 0.592. The second-order valence-corrected chi connectivity index (χ2v) is 8.06. The Balaban J connectivity index is 1.70. The average molecular weight is 394 g/mol. The minimum atomic E-state index is -3.78. The molecule has 0 saturated carbocycles. The van der Waals surface area contributed by atoms with Crippen molar-refractivity contribution in [2.24, 2.45) is 7.05 Å². The second-order valence-electron chi connectivity index (χ2n) is 6.43. The second kappa shape index (κ2) is 6.93. The van der Waals surface area contributed by atoms with E-state index in [1.165, 1.54) is 18.9 Å². The predicted octanol–water partition coefficient (Wildman–Crippen LogP) is 3.22. The number of benzene rings is 2. The van der Waals surface area contributed by atoms with E-state index in [1.807, 2.05) is 31.2 Å². The van der Waals surface area contributed by atoms with Gasteiger partial charge in [0.05, 0.1) is 11.8 Å². The molecule has 0 spiro atoms. The number of rotatable bonds is 5. The van der Waals surface area contributed by atoms with Crippen LogP contribution >= 0.6 is 0 Å². The molecular weight excluding hydrogens is 376 g/mol. The molecule has 0 aliphatic heterocycles. The normalized spacial score (nSPS) is 11.5. The van der Waals surface area contributed by atoms with Crippen LogP contribution in [0.5, 0.6) is 0 Å². The number of nitrogens with one attached hydrogen (secondary N) is 2. The van der Waals surface area contributed by atoms with Crippen molar-refractivity contribution in [3.05, 3.63) is 66.9 Å². The predicted molar refractivity (Wildman–Crippen MR) is 108 cm³/mol. The summed E-state index contributed by atoms with van der Waals surface area (Å²) >= 11 is 0. The molecule has 0 aliphatic carbocycles. The molecule has 142 valence electrons. The molecule has 0 aliphatic rings. The highest BCUT2D eigenvalue weighted by molar-refractivity contribution is 7.92. The molecule has 2 N–H and O–H groups in total. The minimum absolute atomic E-state index is 0.0440. The summed E-state index contributed by atoms with van der Waals surface area (Å²) in [6.45, 7) is 2.01. The number of nitrogens with zero attached hydrogens (tertiary/aromatic N) is 4. The lowest BCUT2D eigenvalue weighted by atomic mass is 10.2. The molecular formula is C19H18N6O2S. The molecule has 28 heavy (non-hydrogen) atoms. The highest BCUT2D eigenvalue weighted by Gasteiger charge is 2.17. The van der Waals surface area contributed by atoms with E-state index in [9.17, 15) is 8.42 Å². The van der Waals surface area contributed by atoms with Gasteiger partial charge in [0, 0.05) is 30.0 Å². The molecule has 0 amide bonds. The van der Waals surface area contributed by atoms with Crippen molar-refractivity contribution in [3.8, 4) is 0 Å². The molecule has 8 nitrogen and oxygen atoms in total. The summed E-state index contributed by atoms with van der Waals surface area (Å²) < 4.78 is 29.2. The molecule has 2 aromatic carbocycles. The van der Waals surface area contributed by atoms with E-state index in [1.54, 1.807) is 29.8 Å². The van der Waals surface area contributed by atoms with Gasteiger partial charge in [0.15, 0.2) is 5.03 Å². The van der Waals surface area contributed by atoms with Crippen LogP contribution in [0.2, 0.25) is 0 Å². The van der Waals surface area contributed by atoms with Crippen molar-refractivity contribution in [1.82, 2.24) is 19.5 Å². The van der Waals surface area contributed by atoms with Gasteiger partial charge in [-0.05, 0) is 42.8 Å². The first-order valence-corrected chi connectivity index (χ1v) is 9.98. The molecule has 0 unspecified atom stereocenters. The van der Waals surface area contributed by atoms with Crippen molar-refractivity contribution in [1.29, 1.82) is 0 Å². The summed E-state index contributed by atoms with van der Waals surface area (Å²) in [5.41, 5.74) is 3.11. The van der Waals surface area contributed by atoms with Crippen molar-refractivity contribution in [2.75, 3.05) is 10.0 Å². The van der Waals surface area contributed by atoms with Crippen LogP contribution in [0.4, 0.5) is 17.2 Å². The molecule has 4 rings (SSSR count). The Morgan fingerprint density at radius 1 is 1.00 bits per heavy atom. The van der Waals surface area contributed by atoms with E-state index in [2.05, 4.69) is 25.0 Å². The lowest BCUT2D eigenvalue weighted by molar-refractivity contribution is 0.598. The maximum atomic E-state index is 12.5. The first kappa shape index (κ1) is 17.9. The summed E-state index contributed by atoms with van der Waals surface area (Å²) in [6.07, 6.45) is 4.35. The number of hydrogen-bond acceptors (Lipinski definition) is 6. The van der Waals surface area contributed by atoms with Crippen LogP contribution in [-0.2, 0) is 17.1 Å². The third kappa shape index (κ3) is 3.65. The van der Waals surface area contributed by atoms with E-state index in [4.69, 9.17) is 0 Å². The van der Waals surface area contributed by atoms with E-state index >= 15 is 0 Å². The van der Waals surface area contributed by atoms with E-state index in [0.29, 0.717) is 22.4 Å². The van der Waals surface area contributed by atoms with Gasteiger partial charge in [-0.25, -0.2) is 15.0 Å². The summed E-state index contributed by atoms with van der Waals surface area (Å²) in [6, 6.07) is 13.0. The lowest BCUT2D eigenvalue weighted by Crippen LogP contribution is -2.13. The Bertz CT molecular complexity index is 1270. The zero-order valence-electron chi connectivity index (χ0n) is 15.3. The number of hydrogen-bond donors (Lipinski definition) is 2. The van der Waals surface area contributed by atoms with Crippen molar-refractivity contribution >= 4 is 38.1 Å². The topological polar surface area (TPSA) is 102 Å². The van der Waals surface area contributed by atoms with Gasteiger partial charge < -0.3 is 9.88 Å². The minimum Gasteiger partial charge on any atom is -0.340 e. The Kier molecular flexibility index (Phi) is 4.44. The van der Waals surface area contributed by atoms with Gasteiger partial charge in [0.2, 0.25) is 0 Å². The average Bonchev–Trinajstić information content (AvgIpc) is 3.09. The van der Waals surface area contributed by atoms with Crippen molar-refractivity contribution < 1.29 is 8.42 Å². The van der Waals surface area contributed by atoms with Crippen LogP contribution in [0, 0.1) is 6.92 Å². The molecule has 0 atom stereocenters. The SMILES string of the molecule is Cc1cccc(Nc2ncnc3ccc(NS(=O)(=O)c4cn(C)cn4)cc23)c1. The summed E-state index contributed by atoms with van der Waals surface area (Å²) in [5, 5.41) is 3.92. The molecule has 2 heterocycles. The van der Waals surface area contributed by atoms with Crippen LogP contribution in [-0.4, -0.2) is 27.9 Å². The molecule has 0 radical (unpaired) electrons. The van der Waals surface area contributed by atoms with Gasteiger partial charge >= 0.3 is 0 Å². The van der Waals surface area contributed by atoms with Gasteiger partial charge in [0.1, 0.15) is 12.1 Å². The lowest BCUT2D eigenvalue weighted by Gasteiger charge is -2.11. The van der Waals surface area contributed by atoms with Gasteiger partial charge in [0.25, 0.3) is 10.0 Å². The zero-order valence-corrected chi connectivity index (χ0v) is 16.1. The first-order valence-electron chi connectivity index (χ1n) is 8.50. The zero-order chi connectivity index (χ0) is 19.7. The Morgan fingerprint density at radius 3 is 2.61 bits per heavy atom. The van der Waals surface area contributed by atoms with Crippen LogP contribution in [0.1, 0.15) is 5.56 Å². The highest BCUT2D eigenvalue weighted by atomic mass is 32.2. The fourth-order valence-electron chi connectivity index (χ4n) is 2.81. The van der Waals surface area contributed by atoms with Crippen molar-refractivity contribution in [3.63, 3.8) is 0 Å². The van der Waals surface area contributed by atoms with Gasteiger partial charge in [-0.3, -0.25) is 4.72 Å². The van der Waals surface area contributed by atoms with Crippen LogP contribution in [0.25, 0.3) is 10.9 Å².